The largest absolute Gasteiger partial charge is 0.496 e. The normalized spacial score (nSPS) is 18.0. The number of alkyl halides is 1. The molecule has 2 atom stereocenters. The van der Waals surface area contributed by atoms with E-state index in [9.17, 15) is 14.3 Å². The Morgan fingerprint density at radius 1 is 1.14 bits per heavy atom. The van der Waals surface area contributed by atoms with Crippen LogP contribution in [0.15, 0.2) is 59.6 Å². The molecule has 268 valence electrons. The Hall–Kier alpha value is -4.62. The van der Waals surface area contributed by atoms with Crippen LogP contribution in [0.5, 0.6) is 0 Å². The van der Waals surface area contributed by atoms with E-state index in [-0.39, 0.29) is 30.5 Å². The van der Waals surface area contributed by atoms with Gasteiger partial charge in [-0.05, 0) is 63.3 Å². The van der Waals surface area contributed by atoms with Crippen molar-refractivity contribution >= 4 is 44.0 Å². The summed E-state index contributed by atoms with van der Waals surface area (Å²) in [6.07, 6.45) is 3.65. The summed E-state index contributed by atoms with van der Waals surface area (Å²) >= 11 is 1.46. The van der Waals surface area contributed by atoms with Crippen molar-refractivity contribution in [2.24, 2.45) is 7.05 Å². The van der Waals surface area contributed by atoms with Crippen LogP contribution in [0.25, 0.3) is 49.2 Å². The minimum atomic E-state index is -1.67. The monoisotopic (exact) mass is 716 g/mol. The second-order valence-corrected chi connectivity index (χ2v) is 15.1. The minimum Gasteiger partial charge on any atom is -0.496 e. The molecule has 0 saturated carbocycles. The number of aliphatic hydroxyl groups is 1. The molecule has 0 saturated heterocycles. The van der Waals surface area contributed by atoms with Gasteiger partial charge in [-0.25, -0.2) is 18.6 Å². The van der Waals surface area contributed by atoms with Gasteiger partial charge in [0.05, 0.1) is 49.3 Å². The maximum absolute atomic E-state index is 16.1. The molecule has 1 N–H and O–H groups in total. The quantitative estimate of drug-likeness (QED) is 0.153. The Bertz CT molecular complexity index is 2180. The number of amides is 1. The minimum absolute atomic E-state index is 0.108. The van der Waals surface area contributed by atoms with Crippen LogP contribution in [-0.4, -0.2) is 72.2 Å². The summed E-state index contributed by atoms with van der Waals surface area (Å²) in [5, 5.41) is 22.5. The number of benzene rings is 1. The average molecular weight is 717 g/mol. The summed E-state index contributed by atoms with van der Waals surface area (Å²) < 4.78 is 46.6. The maximum Gasteiger partial charge on any atom is 0.410 e. The zero-order valence-corrected chi connectivity index (χ0v) is 30.3. The molecule has 2 aliphatic rings. The number of unbranched alkanes of at least 4 members (excludes halogenated alkanes) is 2. The van der Waals surface area contributed by atoms with Crippen molar-refractivity contribution < 1.29 is 28.2 Å². The van der Waals surface area contributed by atoms with Crippen LogP contribution in [0.2, 0.25) is 0 Å². The highest BCUT2D eigenvalue weighted by Crippen LogP contribution is 2.46. The van der Waals surface area contributed by atoms with Crippen LogP contribution in [0.3, 0.4) is 0 Å². The van der Waals surface area contributed by atoms with Crippen molar-refractivity contribution in [1.82, 2.24) is 29.4 Å². The molecule has 0 spiro atoms. The van der Waals surface area contributed by atoms with Crippen molar-refractivity contribution in [2.75, 3.05) is 13.7 Å². The van der Waals surface area contributed by atoms with Crippen LogP contribution in [-0.2, 0) is 29.6 Å². The predicted molar refractivity (Wildman–Crippen MR) is 194 cm³/mol. The van der Waals surface area contributed by atoms with E-state index in [2.05, 4.69) is 5.10 Å². The molecule has 1 aliphatic heterocycles. The van der Waals surface area contributed by atoms with Crippen LogP contribution in [0.1, 0.15) is 64.1 Å². The van der Waals surface area contributed by atoms with Crippen molar-refractivity contribution in [3.05, 3.63) is 70.8 Å². The summed E-state index contributed by atoms with van der Waals surface area (Å²) in [5.41, 5.74) is 4.35. The molecule has 5 heterocycles. The maximum atomic E-state index is 16.1. The smallest absolute Gasteiger partial charge is 0.410 e. The van der Waals surface area contributed by atoms with E-state index in [0.29, 0.717) is 42.0 Å². The van der Waals surface area contributed by atoms with Crippen LogP contribution >= 0.6 is 11.3 Å². The van der Waals surface area contributed by atoms with Crippen molar-refractivity contribution in [1.29, 1.82) is 0 Å². The number of aliphatic hydroxyl groups excluding tert-OH is 1. The number of carbonyl (C=O) groups is 1. The number of hydrogen-bond donors (Lipinski definition) is 1. The van der Waals surface area contributed by atoms with Gasteiger partial charge < -0.3 is 14.6 Å². The molecule has 0 bridgehead atoms. The second-order valence-electron chi connectivity index (χ2n) is 14.2. The number of pyridine rings is 1. The number of carbonyl (C=O) groups excluding carboxylic acids is 1. The highest BCUT2D eigenvalue weighted by atomic mass is 32.1. The van der Waals surface area contributed by atoms with Gasteiger partial charge in [0.1, 0.15) is 34.7 Å². The number of thiophene rings is 1. The number of halogens is 2. The molecule has 10 nitrogen and oxygen atoms in total. The summed E-state index contributed by atoms with van der Waals surface area (Å²) in [5.74, 6) is -0.484. The number of aromatic nitrogens is 5. The lowest BCUT2D eigenvalue weighted by molar-refractivity contribution is 0.00525. The topological polar surface area (TPSA) is 108 Å². The van der Waals surface area contributed by atoms with Gasteiger partial charge in [-0.1, -0.05) is 18.9 Å². The van der Waals surface area contributed by atoms with Gasteiger partial charge in [0.15, 0.2) is 0 Å². The Balaban J connectivity index is 1.40. The number of ether oxygens (including phenoxy) is 2. The van der Waals surface area contributed by atoms with Crippen molar-refractivity contribution in [3.63, 3.8) is 0 Å². The molecular weight excluding hydrogens is 675 g/mol. The van der Waals surface area contributed by atoms with Gasteiger partial charge in [-0.15, -0.1) is 11.3 Å². The summed E-state index contributed by atoms with van der Waals surface area (Å²) in [6.45, 7) is 6.35. The molecule has 7 rings (SSSR count). The van der Waals surface area contributed by atoms with Gasteiger partial charge in [0.25, 0.3) is 0 Å². The highest BCUT2D eigenvalue weighted by Gasteiger charge is 2.36. The molecule has 13 heteroatoms. The number of fused-ring (bicyclic) bond motifs is 3. The number of rotatable bonds is 9. The van der Waals surface area contributed by atoms with Gasteiger partial charge in [-0.2, -0.15) is 10.2 Å². The standard InChI is InChI=1S/C38H42F2N6O4S/c1-38(2,3)50-37(48)45-20-26-18-29(43-46(26)21-25(45)9-7-6-8-13-47)35-33(32-28(40)16-24(39)17-31(32)49-5)36-27(12-14-51-36)34(42-35)22-10-11-30-23(15-22)19-41-44(30)4/h10-12,14-15,17-19,25,28,47H,6-9,13,16,20-21H2,1-5H3. The third-order valence-corrected chi connectivity index (χ3v) is 10.4. The first-order chi connectivity index (χ1) is 24.5. The third kappa shape index (κ3) is 6.76. The number of methoxy groups -OCH3 is 1. The molecule has 0 radical (unpaired) electrons. The molecule has 1 aromatic carbocycles. The Kier molecular flexibility index (Phi) is 9.44. The van der Waals surface area contributed by atoms with Crippen LogP contribution in [0.4, 0.5) is 13.6 Å². The number of allylic oxidation sites excluding steroid dienone is 3. The zero-order valence-electron chi connectivity index (χ0n) is 29.4. The molecule has 51 heavy (non-hydrogen) atoms. The van der Waals surface area contributed by atoms with E-state index < -0.39 is 30.1 Å². The van der Waals surface area contributed by atoms with E-state index in [1.807, 2.05) is 79.1 Å². The molecule has 1 amide bonds. The SMILES string of the molecule is COC1=C(c2c(-c3cc4n(n3)CC(CCCCCO)N(C(=O)OC(C)(C)C)C4)nc(-c3ccc4c(cnn4C)c3)c3ccsc23)C(F)CC(F)=C1. The van der Waals surface area contributed by atoms with E-state index >= 15 is 4.39 Å². The lowest BCUT2D eigenvalue weighted by Crippen LogP contribution is -2.48. The molecule has 1 aliphatic carbocycles. The average Bonchev–Trinajstić information content (AvgIpc) is 3.83. The molecular formula is C38H42F2N6O4S. The highest BCUT2D eigenvalue weighted by molar-refractivity contribution is 7.17. The Morgan fingerprint density at radius 3 is 2.73 bits per heavy atom. The third-order valence-electron chi connectivity index (χ3n) is 9.44. The first-order valence-electron chi connectivity index (χ1n) is 17.2. The fourth-order valence-electron chi connectivity index (χ4n) is 7.05. The van der Waals surface area contributed by atoms with Crippen molar-refractivity contribution in [3.8, 4) is 22.6 Å². The second kappa shape index (κ2) is 13.8. The van der Waals surface area contributed by atoms with Crippen molar-refractivity contribution in [2.45, 2.75) is 83.8 Å². The number of hydrogen-bond acceptors (Lipinski definition) is 8. The fraction of sp³-hybridized carbons (Fsp3) is 0.421. The fourth-order valence-corrected chi connectivity index (χ4v) is 8.01. The number of nitrogens with zero attached hydrogens (tertiary/aromatic N) is 6. The first kappa shape index (κ1) is 34.8. The van der Waals surface area contributed by atoms with Gasteiger partial charge in [0, 0.05) is 58.3 Å². The van der Waals surface area contributed by atoms with E-state index in [4.69, 9.17) is 19.6 Å². The lowest BCUT2D eigenvalue weighted by Gasteiger charge is -2.37. The zero-order chi connectivity index (χ0) is 36.0. The van der Waals surface area contributed by atoms with E-state index in [0.717, 1.165) is 45.1 Å². The summed E-state index contributed by atoms with van der Waals surface area (Å²) in [4.78, 5) is 20.5. The molecule has 4 aromatic heterocycles. The van der Waals surface area contributed by atoms with E-state index in [1.165, 1.54) is 24.5 Å². The summed E-state index contributed by atoms with van der Waals surface area (Å²) in [7, 11) is 3.30. The Morgan fingerprint density at radius 2 is 1.96 bits per heavy atom. The summed E-state index contributed by atoms with van der Waals surface area (Å²) in [6, 6.07) is 9.74. The van der Waals surface area contributed by atoms with Crippen LogP contribution in [0, 0.1) is 0 Å². The van der Waals surface area contributed by atoms with Gasteiger partial charge in [-0.3, -0.25) is 14.3 Å². The molecule has 0 fully saturated rings. The Labute approximate surface area is 299 Å². The van der Waals surface area contributed by atoms with Gasteiger partial charge in [0.2, 0.25) is 0 Å². The lowest BCUT2D eigenvalue weighted by atomic mass is 9.90. The molecule has 2 unspecified atom stereocenters. The van der Waals surface area contributed by atoms with Crippen LogP contribution < -0.4 is 0 Å². The first-order valence-corrected chi connectivity index (χ1v) is 18.1. The number of aryl methyl sites for hydroxylation is 1. The van der Waals surface area contributed by atoms with Gasteiger partial charge >= 0.3 is 6.09 Å². The predicted octanol–water partition coefficient (Wildman–Crippen LogP) is 8.34. The molecule has 5 aromatic rings. The van der Waals surface area contributed by atoms with E-state index in [1.54, 1.807) is 4.90 Å².